The monoisotopic (exact) mass is 268 g/mol. The van der Waals surface area contributed by atoms with E-state index in [4.69, 9.17) is 0 Å². The second-order valence-corrected chi connectivity index (χ2v) is 5.16. The number of benzene rings is 2. The van der Waals surface area contributed by atoms with Gasteiger partial charge >= 0.3 is 0 Å². The Morgan fingerprint density at radius 1 is 0.900 bits per heavy atom. The van der Waals surface area contributed by atoms with Gasteiger partial charge in [0.2, 0.25) is 0 Å². The number of phenols is 1. The van der Waals surface area contributed by atoms with Crippen LogP contribution in [0.25, 0.3) is 0 Å². The van der Waals surface area contributed by atoms with Gasteiger partial charge in [0.05, 0.1) is 6.04 Å². The van der Waals surface area contributed by atoms with Crippen molar-refractivity contribution in [2.24, 2.45) is 0 Å². The van der Waals surface area contributed by atoms with Crippen LogP contribution in [0.4, 0.5) is 0 Å². The third-order valence-corrected chi connectivity index (χ3v) is 3.86. The van der Waals surface area contributed by atoms with E-state index in [9.17, 15) is 5.11 Å². The van der Waals surface area contributed by atoms with Crippen molar-refractivity contribution >= 4 is 0 Å². The molecule has 104 valence electrons. The van der Waals surface area contributed by atoms with Gasteiger partial charge in [0.25, 0.3) is 0 Å². The number of phenolic OH excluding ortho intramolecular Hbond substituents is 1. The standard InChI is InChI=1S/C17H20N2O/c20-16-9-5-4-8-15(16)17(14-6-2-1-3-7-14)19-12-10-18-11-13-19/h1-9,17-18,20H,10-13H2. The van der Waals surface area contributed by atoms with Crippen LogP contribution in [0.5, 0.6) is 5.75 Å². The van der Waals surface area contributed by atoms with Gasteiger partial charge in [0, 0.05) is 31.7 Å². The van der Waals surface area contributed by atoms with Crippen molar-refractivity contribution in [1.29, 1.82) is 0 Å². The third kappa shape index (κ3) is 2.69. The van der Waals surface area contributed by atoms with Crippen molar-refractivity contribution in [2.45, 2.75) is 6.04 Å². The Kier molecular flexibility index (Phi) is 4.00. The molecule has 1 aliphatic heterocycles. The molecule has 1 fully saturated rings. The van der Waals surface area contributed by atoms with Crippen LogP contribution in [-0.2, 0) is 0 Å². The molecule has 0 spiro atoms. The van der Waals surface area contributed by atoms with E-state index < -0.39 is 0 Å². The molecule has 0 saturated carbocycles. The molecular weight excluding hydrogens is 248 g/mol. The molecule has 1 atom stereocenters. The highest BCUT2D eigenvalue weighted by Gasteiger charge is 2.25. The number of hydrogen-bond acceptors (Lipinski definition) is 3. The average Bonchev–Trinajstić information content (AvgIpc) is 2.52. The lowest BCUT2D eigenvalue weighted by Gasteiger charge is -2.35. The Labute approximate surface area is 119 Å². The maximum Gasteiger partial charge on any atom is 0.120 e. The van der Waals surface area contributed by atoms with Gasteiger partial charge in [-0.05, 0) is 11.6 Å². The molecular formula is C17H20N2O. The summed E-state index contributed by atoms with van der Waals surface area (Å²) in [4.78, 5) is 2.43. The molecule has 1 saturated heterocycles. The van der Waals surface area contributed by atoms with E-state index in [1.165, 1.54) is 5.56 Å². The Morgan fingerprint density at radius 3 is 2.25 bits per heavy atom. The highest BCUT2D eigenvalue weighted by Crippen LogP contribution is 2.33. The van der Waals surface area contributed by atoms with Crippen molar-refractivity contribution in [2.75, 3.05) is 26.2 Å². The van der Waals surface area contributed by atoms with Crippen LogP contribution in [0.3, 0.4) is 0 Å². The first kappa shape index (κ1) is 13.2. The number of para-hydroxylation sites is 1. The van der Waals surface area contributed by atoms with E-state index in [0.29, 0.717) is 5.75 Å². The summed E-state index contributed by atoms with van der Waals surface area (Å²) in [5.41, 5.74) is 2.22. The molecule has 2 N–H and O–H groups in total. The Bertz CT molecular complexity index is 550. The van der Waals surface area contributed by atoms with Gasteiger partial charge in [-0.1, -0.05) is 48.5 Å². The number of nitrogens with zero attached hydrogens (tertiary/aromatic N) is 1. The normalized spacial score (nSPS) is 17.8. The number of aromatic hydroxyl groups is 1. The van der Waals surface area contributed by atoms with Gasteiger partial charge < -0.3 is 10.4 Å². The zero-order valence-electron chi connectivity index (χ0n) is 11.5. The highest BCUT2D eigenvalue weighted by molar-refractivity contribution is 5.40. The number of nitrogens with one attached hydrogen (secondary N) is 1. The van der Waals surface area contributed by atoms with Crippen molar-refractivity contribution in [3.63, 3.8) is 0 Å². The van der Waals surface area contributed by atoms with Crippen LogP contribution in [-0.4, -0.2) is 36.2 Å². The molecule has 3 rings (SSSR count). The molecule has 3 nitrogen and oxygen atoms in total. The fourth-order valence-corrected chi connectivity index (χ4v) is 2.88. The smallest absolute Gasteiger partial charge is 0.120 e. The van der Waals surface area contributed by atoms with Crippen LogP contribution in [0.1, 0.15) is 17.2 Å². The molecule has 0 amide bonds. The summed E-state index contributed by atoms with van der Waals surface area (Å²) in [5, 5.41) is 13.6. The molecule has 0 aliphatic carbocycles. The predicted octanol–water partition coefficient (Wildman–Crippen LogP) is 2.39. The minimum absolute atomic E-state index is 0.125. The summed E-state index contributed by atoms with van der Waals surface area (Å²) >= 11 is 0. The zero-order chi connectivity index (χ0) is 13.8. The largest absolute Gasteiger partial charge is 0.508 e. The van der Waals surface area contributed by atoms with E-state index >= 15 is 0 Å². The number of piperazine rings is 1. The predicted molar refractivity (Wildman–Crippen MR) is 80.8 cm³/mol. The molecule has 1 unspecified atom stereocenters. The second-order valence-electron chi connectivity index (χ2n) is 5.16. The van der Waals surface area contributed by atoms with Crippen LogP contribution in [0, 0.1) is 0 Å². The SMILES string of the molecule is Oc1ccccc1C(c1ccccc1)N1CCNCC1. The summed E-state index contributed by atoms with van der Waals surface area (Å²) in [5.74, 6) is 0.375. The van der Waals surface area contributed by atoms with Crippen molar-refractivity contribution in [3.8, 4) is 5.75 Å². The summed E-state index contributed by atoms with van der Waals surface area (Å²) in [6.07, 6.45) is 0. The molecule has 2 aromatic rings. The Balaban J connectivity index is 2.01. The first-order valence-electron chi connectivity index (χ1n) is 7.14. The fourth-order valence-electron chi connectivity index (χ4n) is 2.88. The lowest BCUT2D eigenvalue weighted by Crippen LogP contribution is -2.45. The average molecular weight is 268 g/mol. The lowest BCUT2D eigenvalue weighted by atomic mass is 9.95. The second kappa shape index (κ2) is 6.07. The van der Waals surface area contributed by atoms with E-state index in [1.54, 1.807) is 6.07 Å². The third-order valence-electron chi connectivity index (χ3n) is 3.86. The molecule has 0 aromatic heterocycles. The lowest BCUT2D eigenvalue weighted by molar-refractivity contribution is 0.196. The molecule has 1 heterocycles. The molecule has 0 bridgehead atoms. The van der Waals surface area contributed by atoms with Crippen LogP contribution < -0.4 is 5.32 Å². The van der Waals surface area contributed by atoms with E-state index in [2.05, 4.69) is 34.5 Å². The van der Waals surface area contributed by atoms with Crippen LogP contribution in [0.2, 0.25) is 0 Å². The minimum Gasteiger partial charge on any atom is -0.508 e. The number of rotatable bonds is 3. The van der Waals surface area contributed by atoms with E-state index in [1.807, 2.05) is 24.3 Å². The number of hydrogen-bond donors (Lipinski definition) is 2. The summed E-state index contributed by atoms with van der Waals surface area (Å²) in [6.45, 7) is 3.98. The van der Waals surface area contributed by atoms with Gasteiger partial charge in [0.15, 0.2) is 0 Å². The quantitative estimate of drug-likeness (QED) is 0.897. The van der Waals surface area contributed by atoms with Gasteiger partial charge in [-0.15, -0.1) is 0 Å². The first-order valence-corrected chi connectivity index (χ1v) is 7.14. The molecule has 0 radical (unpaired) electrons. The highest BCUT2D eigenvalue weighted by atomic mass is 16.3. The molecule has 1 aliphatic rings. The van der Waals surface area contributed by atoms with Gasteiger partial charge in [-0.2, -0.15) is 0 Å². The fraction of sp³-hybridized carbons (Fsp3) is 0.294. The first-order chi connectivity index (χ1) is 9.86. The van der Waals surface area contributed by atoms with E-state index in [0.717, 1.165) is 31.7 Å². The summed E-state index contributed by atoms with van der Waals surface area (Å²) in [6, 6.07) is 18.2. The zero-order valence-corrected chi connectivity index (χ0v) is 11.5. The maximum absolute atomic E-state index is 10.2. The molecule has 3 heteroatoms. The molecule has 2 aromatic carbocycles. The van der Waals surface area contributed by atoms with Gasteiger partial charge in [-0.25, -0.2) is 0 Å². The van der Waals surface area contributed by atoms with Crippen LogP contribution >= 0.6 is 0 Å². The maximum atomic E-state index is 10.2. The van der Waals surface area contributed by atoms with Gasteiger partial charge in [-0.3, -0.25) is 4.90 Å². The van der Waals surface area contributed by atoms with E-state index in [-0.39, 0.29) is 6.04 Å². The van der Waals surface area contributed by atoms with Crippen molar-refractivity contribution < 1.29 is 5.11 Å². The van der Waals surface area contributed by atoms with Crippen molar-refractivity contribution in [3.05, 3.63) is 65.7 Å². The Morgan fingerprint density at radius 2 is 1.55 bits per heavy atom. The van der Waals surface area contributed by atoms with Gasteiger partial charge in [0.1, 0.15) is 5.75 Å². The Hall–Kier alpha value is -1.84. The van der Waals surface area contributed by atoms with Crippen molar-refractivity contribution in [1.82, 2.24) is 10.2 Å². The summed E-state index contributed by atoms with van der Waals surface area (Å²) in [7, 11) is 0. The minimum atomic E-state index is 0.125. The summed E-state index contributed by atoms with van der Waals surface area (Å²) < 4.78 is 0. The molecule has 20 heavy (non-hydrogen) atoms. The topological polar surface area (TPSA) is 35.5 Å². The van der Waals surface area contributed by atoms with Crippen LogP contribution in [0.15, 0.2) is 54.6 Å².